The van der Waals surface area contributed by atoms with E-state index in [1.165, 1.54) is 10.9 Å². The number of hydrogen-bond acceptors (Lipinski definition) is 8. The van der Waals surface area contributed by atoms with Crippen LogP contribution in [0.2, 0.25) is 0 Å². The number of aryl methyl sites for hydroxylation is 1. The molecule has 3 rings (SSSR count). The number of carboxylic acids is 1. The standard InChI is InChI=1S/C14H14N6O4S/c21-11(15-5-10-6-20(19-17-10)7-13(22)23)1-2-12-16-14(18-24-12)9-3-4-25-8-9/h3-4,6,8H,1-2,5,7H2,(H,15,21)(H,22,23). The molecule has 10 nitrogen and oxygen atoms in total. The highest BCUT2D eigenvalue weighted by molar-refractivity contribution is 7.08. The Bertz CT molecular complexity index is 856. The summed E-state index contributed by atoms with van der Waals surface area (Å²) in [6, 6.07) is 1.89. The third-order valence-corrected chi connectivity index (χ3v) is 3.85. The molecular formula is C14H14N6O4S. The number of carbonyl (C=O) groups is 2. The van der Waals surface area contributed by atoms with Crippen molar-refractivity contribution < 1.29 is 19.2 Å². The summed E-state index contributed by atoms with van der Waals surface area (Å²) in [6.45, 7) is -0.104. The lowest BCUT2D eigenvalue weighted by atomic mass is 10.3. The first-order valence-corrected chi connectivity index (χ1v) is 8.27. The second-order valence-electron chi connectivity index (χ2n) is 5.10. The molecule has 0 aromatic carbocycles. The Labute approximate surface area is 145 Å². The Morgan fingerprint density at radius 2 is 2.28 bits per heavy atom. The molecule has 3 heterocycles. The van der Waals surface area contributed by atoms with Gasteiger partial charge in [-0.1, -0.05) is 10.4 Å². The van der Waals surface area contributed by atoms with E-state index < -0.39 is 5.97 Å². The Kier molecular flexibility index (Phi) is 5.14. The van der Waals surface area contributed by atoms with Crippen LogP contribution in [0.25, 0.3) is 11.4 Å². The zero-order valence-electron chi connectivity index (χ0n) is 13.0. The summed E-state index contributed by atoms with van der Waals surface area (Å²) in [5.41, 5.74) is 1.36. The number of nitrogens with one attached hydrogen (secondary N) is 1. The fraction of sp³-hybridized carbons (Fsp3) is 0.286. The normalized spacial score (nSPS) is 10.7. The first kappa shape index (κ1) is 16.8. The highest BCUT2D eigenvalue weighted by Crippen LogP contribution is 2.18. The fourth-order valence-corrected chi connectivity index (χ4v) is 2.63. The van der Waals surface area contributed by atoms with Crippen LogP contribution in [0.5, 0.6) is 0 Å². The number of rotatable bonds is 8. The number of thiophene rings is 1. The maximum Gasteiger partial charge on any atom is 0.325 e. The van der Waals surface area contributed by atoms with Crippen molar-refractivity contribution in [3.63, 3.8) is 0 Å². The Hall–Kier alpha value is -3.08. The Balaban J connectivity index is 1.44. The van der Waals surface area contributed by atoms with E-state index >= 15 is 0 Å². The van der Waals surface area contributed by atoms with Gasteiger partial charge in [-0.25, -0.2) is 4.68 Å². The highest BCUT2D eigenvalue weighted by atomic mass is 32.1. The molecule has 0 saturated carbocycles. The third kappa shape index (κ3) is 4.70. The summed E-state index contributed by atoms with van der Waals surface area (Å²) in [4.78, 5) is 26.7. The smallest absolute Gasteiger partial charge is 0.325 e. The molecule has 0 aliphatic heterocycles. The number of aromatic nitrogens is 5. The molecule has 0 fully saturated rings. The molecule has 25 heavy (non-hydrogen) atoms. The van der Waals surface area contributed by atoms with Crippen LogP contribution >= 0.6 is 11.3 Å². The molecule has 0 aliphatic carbocycles. The van der Waals surface area contributed by atoms with E-state index in [9.17, 15) is 9.59 Å². The lowest BCUT2D eigenvalue weighted by Gasteiger charge is -2.00. The maximum atomic E-state index is 11.9. The number of nitrogens with zero attached hydrogens (tertiary/aromatic N) is 5. The van der Waals surface area contributed by atoms with Crippen LogP contribution in [-0.2, 0) is 29.1 Å². The highest BCUT2D eigenvalue weighted by Gasteiger charge is 2.11. The zero-order chi connectivity index (χ0) is 17.6. The lowest BCUT2D eigenvalue weighted by Crippen LogP contribution is -2.23. The van der Waals surface area contributed by atoms with Gasteiger partial charge >= 0.3 is 5.97 Å². The van der Waals surface area contributed by atoms with E-state index in [0.717, 1.165) is 5.56 Å². The number of carboxylic acid groups (broad SMARTS) is 1. The topological polar surface area (TPSA) is 136 Å². The van der Waals surface area contributed by atoms with E-state index in [2.05, 4.69) is 25.8 Å². The summed E-state index contributed by atoms with van der Waals surface area (Å²) < 4.78 is 6.31. The number of carbonyl (C=O) groups excluding carboxylic acids is 1. The molecule has 0 spiro atoms. The zero-order valence-corrected chi connectivity index (χ0v) is 13.8. The largest absolute Gasteiger partial charge is 0.480 e. The van der Waals surface area contributed by atoms with Gasteiger partial charge in [0.05, 0.1) is 12.7 Å². The molecule has 130 valence electrons. The van der Waals surface area contributed by atoms with Gasteiger partial charge in [0.25, 0.3) is 0 Å². The molecule has 0 bridgehead atoms. The van der Waals surface area contributed by atoms with Crippen LogP contribution in [0, 0.1) is 0 Å². The molecule has 0 radical (unpaired) electrons. The van der Waals surface area contributed by atoms with Gasteiger partial charge in [0, 0.05) is 23.8 Å². The Morgan fingerprint density at radius 3 is 3.04 bits per heavy atom. The quantitative estimate of drug-likeness (QED) is 0.598. The summed E-state index contributed by atoms with van der Waals surface area (Å²) in [5.74, 6) is -0.319. The van der Waals surface area contributed by atoms with Crippen LogP contribution in [0.1, 0.15) is 18.0 Å². The average Bonchev–Trinajstić information content (AvgIpc) is 3.31. The predicted octanol–water partition coefficient (Wildman–Crippen LogP) is 0.723. The van der Waals surface area contributed by atoms with Crippen molar-refractivity contribution in [1.29, 1.82) is 0 Å². The first-order chi connectivity index (χ1) is 12.1. The molecule has 2 N–H and O–H groups in total. The van der Waals surface area contributed by atoms with E-state index in [4.69, 9.17) is 9.63 Å². The molecule has 11 heteroatoms. The minimum absolute atomic E-state index is 0.169. The van der Waals surface area contributed by atoms with Crippen molar-refractivity contribution in [2.45, 2.75) is 25.9 Å². The summed E-state index contributed by atoms with van der Waals surface area (Å²) >= 11 is 1.54. The monoisotopic (exact) mass is 362 g/mol. The van der Waals surface area contributed by atoms with Crippen LogP contribution in [-0.4, -0.2) is 42.1 Å². The van der Waals surface area contributed by atoms with Crippen molar-refractivity contribution in [2.24, 2.45) is 0 Å². The molecule has 1 amide bonds. The van der Waals surface area contributed by atoms with Crippen molar-refractivity contribution >= 4 is 23.2 Å². The molecule has 0 atom stereocenters. The van der Waals surface area contributed by atoms with Crippen molar-refractivity contribution in [1.82, 2.24) is 30.5 Å². The van der Waals surface area contributed by atoms with Gasteiger partial charge in [-0.05, 0) is 11.4 Å². The molecule has 3 aromatic heterocycles. The van der Waals surface area contributed by atoms with Gasteiger partial charge in [0.1, 0.15) is 12.2 Å². The first-order valence-electron chi connectivity index (χ1n) is 7.33. The SMILES string of the molecule is O=C(O)Cn1cc(CNC(=O)CCc2nc(-c3ccsc3)no2)nn1. The third-order valence-electron chi connectivity index (χ3n) is 3.16. The van der Waals surface area contributed by atoms with Crippen molar-refractivity contribution in [3.05, 3.63) is 34.6 Å². The van der Waals surface area contributed by atoms with E-state index in [1.54, 1.807) is 11.3 Å². The van der Waals surface area contributed by atoms with Crippen LogP contribution in [0.15, 0.2) is 27.5 Å². The lowest BCUT2D eigenvalue weighted by molar-refractivity contribution is -0.138. The summed E-state index contributed by atoms with van der Waals surface area (Å²) in [6.07, 6.45) is 1.99. The molecule has 3 aromatic rings. The van der Waals surface area contributed by atoms with Gasteiger partial charge in [0.2, 0.25) is 17.6 Å². The Morgan fingerprint density at radius 1 is 1.40 bits per heavy atom. The van der Waals surface area contributed by atoms with E-state index in [0.29, 0.717) is 23.8 Å². The van der Waals surface area contributed by atoms with Crippen LogP contribution < -0.4 is 5.32 Å². The van der Waals surface area contributed by atoms with Crippen LogP contribution in [0.4, 0.5) is 0 Å². The van der Waals surface area contributed by atoms with Gasteiger partial charge in [-0.3, -0.25) is 9.59 Å². The minimum atomic E-state index is -1.01. The van der Waals surface area contributed by atoms with Gasteiger partial charge in [-0.2, -0.15) is 16.3 Å². The second kappa shape index (κ2) is 7.66. The van der Waals surface area contributed by atoms with Gasteiger partial charge in [-0.15, -0.1) is 5.10 Å². The number of aliphatic carboxylic acids is 1. The van der Waals surface area contributed by atoms with Crippen LogP contribution in [0.3, 0.4) is 0 Å². The fourth-order valence-electron chi connectivity index (χ4n) is 2.00. The molecule has 0 unspecified atom stereocenters. The number of amides is 1. The second-order valence-corrected chi connectivity index (χ2v) is 5.88. The number of hydrogen-bond donors (Lipinski definition) is 2. The maximum absolute atomic E-state index is 11.9. The van der Waals surface area contributed by atoms with Gasteiger partial charge < -0.3 is 14.9 Å². The predicted molar refractivity (Wildman–Crippen MR) is 85.4 cm³/mol. The summed E-state index contributed by atoms with van der Waals surface area (Å²) in [5, 5.41) is 26.5. The minimum Gasteiger partial charge on any atom is -0.480 e. The molecular weight excluding hydrogens is 348 g/mol. The van der Waals surface area contributed by atoms with Gasteiger partial charge in [0.15, 0.2) is 0 Å². The van der Waals surface area contributed by atoms with E-state index in [-0.39, 0.29) is 25.4 Å². The summed E-state index contributed by atoms with van der Waals surface area (Å²) in [7, 11) is 0. The average molecular weight is 362 g/mol. The van der Waals surface area contributed by atoms with Crippen molar-refractivity contribution in [2.75, 3.05) is 0 Å². The molecule has 0 saturated heterocycles. The molecule has 0 aliphatic rings. The van der Waals surface area contributed by atoms with E-state index in [1.807, 2.05) is 16.8 Å². The van der Waals surface area contributed by atoms with Crippen molar-refractivity contribution in [3.8, 4) is 11.4 Å².